The molecule has 128 valence electrons. The van der Waals surface area contributed by atoms with Crippen LogP contribution in [0.2, 0.25) is 0 Å². The van der Waals surface area contributed by atoms with Crippen molar-refractivity contribution in [2.75, 3.05) is 22.9 Å². The van der Waals surface area contributed by atoms with Crippen molar-refractivity contribution in [3.05, 3.63) is 48.7 Å². The number of amides is 1. The van der Waals surface area contributed by atoms with E-state index in [1.165, 1.54) is 7.11 Å². The number of benzene rings is 1. The highest BCUT2D eigenvalue weighted by molar-refractivity contribution is 7.92. The second-order valence-electron chi connectivity index (χ2n) is 5.22. The second kappa shape index (κ2) is 7.78. The van der Waals surface area contributed by atoms with Gasteiger partial charge >= 0.3 is 0 Å². The third-order valence-corrected chi connectivity index (χ3v) is 4.66. The molecule has 0 saturated carbocycles. The van der Waals surface area contributed by atoms with Gasteiger partial charge < -0.3 is 10.1 Å². The number of aromatic nitrogens is 1. The Morgan fingerprint density at radius 3 is 2.71 bits per heavy atom. The predicted octanol–water partition coefficient (Wildman–Crippen LogP) is 2.11. The maximum Gasteiger partial charge on any atom is 0.233 e. The van der Waals surface area contributed by atoms with Gasteiger partial charge in [-0.05, 0) is 24.3 Å². The number of carbonyl (C=O) groups excluding carboxylic acids is 1. The molecule has 1 aromatic heterocycles. The third kappa shape index (κ3) is 5.24. The van der Waals surface area contributed by atoms with E-state index in [1.54, 1.807) is 55.6 Å². The molecule has 0 aliphatic rings. The van der Waals surface area contributed by atoms with Crippen molar-refractivity contribution in [3.63, 3.8) is 0 Å². The van der Waals surface area contributed by atoms with Crippen molar-refractivity contribution < 1.29 is 17.9 Å². The number of pyridine rings is 1. The van der Waals surface area contributed by atoms with Crippen LogP contribution in [-0.4, -0.2) is 32.2 Å². The molecule has 1 unspecified atom stereocenters. The smallest absolute Gasteiger partial charge is 0.233 e. The van der Waals surface area contributed by atoms with Crippen LogP contribution in [0.25, 0.3) is 0 Å². The molecule has 8 heteroatoms. The van der Waals surface area contributed by atoms with E-state index in [2.05, 4.69) is 15.0 Å². The second-order valence-corrected chi connectivity index (χ2v) is 6.99. The highest BCUT2D eigenvalue weighted by Crippen LogP contribution is 2.18. The van der Waals surface area contributed by atoms with Gasteiger partial charge in [-0.1, -0.05) is 19.1 Å². The standard InChI is InChI=1S/C16H19N3O4S/c1-12(16(20)18-15-8-3-4-9-17-15)11-24(21,22)19-13-6-5-7-14(10-13)23-2/h3-10,12,19H,11H2,1-2H3,(H,17,18,20). The predicted molar refractivity (Wildman–Crippen MR) is 92.4 cm³/mol. The van der Waals surface area contributed by atoms with Gasteiger partial charge in [-0.3, -0.25) is 9.52 Å². The number of ether oxygens (including phenoxy) is 1. The van der Waals surface area contributed by atoms with Crippen LogP contribution in [0.3, 0.4) is 0 Å². The van der Waals surface area contributed by atoms with Crippen LogP contribution in [0, 0.1) is 5.92 Å². The van der Waals surface area contributed by atoms with Crippen molar-refractivity contribution in [1.29, 1.82) is 0 Å². The van der Waals surface area contributed by atoms with Crippen molar-refractivity contribution >= 4 is 27.4 Å². The summed E-state index contributed by atoms with van der Waals surface area (Å²) in [5.74, 6) is -0.577. The Hall–Kier alpha value is -2.61. The first-order valence-electron chi connectivity index (χ1n) is 7.26. The van der Waals surface area contributed by atoms with Crippen LogP contribution in [-0.2, 0) is 14.8 Å². The summed E-state index contributed by atoms with van der Waals surface area (Å²) in [6.45, 7) is 1.54. The zero-order valence-corrected chi connectivity index (χ0v) is 14.2. The molecule has 2 rings (SSSR count). The van der Waals surface area contributed by atoms with Gasteiger partial charge in [-0.25, -0.2) is 13.4 Å². The summed E-state index contributed by atoms with van der Waals surface area (Å²) < 4.78 is 31.9. The van der Waals surface area contributed by atoms with E-state index in [0.717, 1.165) is 0 Å². The lowest BCUT2D eigenvalue weighted by Gasteiger charge is -2.14. The average Bonchev–Trinajstić information content (AvgIpc) is 2.55. The SMILES string of the molecule is COc1cccc(NS(=O)(=O)CC(C)C(=O)Nc2ccccn2)c1. The Bertz CT molecular complexity index is 794. The molecule has 1 atom stereocenters. The highest BCUT2D eigenvalue weighted by Gasteiger charge is 2.22. The molecule has 2 N–H and O–H groups in total. The molecule has 24 heavy (non-hydrogen) atoms. The van der Waals surface area contributed by atoms with Gasteiger partial charge in [0.2, 0.25) is 15.9 Å². The summed E-state index contributed by atoms with van der Waals surface area (Å²) in [6, 6.07) is 11.6. The Labute approximate surface area is 141 Å². The molecule has 0 saturated heterocycles. The number of nitrogens with one attached hydrogen (secondary N) is 2. The summed E-state index contributed by atoms with van der Waals surface area (Å²) in [5.41, 5.74) is 0.381. The molecule has 7 nitrogen and oxygen atoms in total. The molecule has 0 spiro atoms. The topological polar surface area (TPSA) is 97.4 Å². The van der Waals surface area contributed by atoms with E-state index in [-0.39, 0.29) is 5.75 Å². The molecule has 0 bridgehead atoms. The van der Waals surface area contributed by atoms with Crippen LogP contribution in [0.5, 0.6) is 5.75 Å². The van der Waals surface area contributed by atoms with Gasteiger partial charge in [-0.2, -0.15) is 0 Å². The fraction of sp³-hybridized carbons (Fsp3) is 0.250. The first-order valence-corrected chi connectivity index (χ1v) is 8.91. The van der Waals surface area contributed by atoms with Gasteiger partial charge in [-0.15, -0.1) is 0 Å². The van der Waals surface area contributed by atoms with Crippen LogP contribution in [0.15, 0.2) is 48.7 Å². The molecular formula is C16H19N3O4S. The van der Waals surface area contributed by atoms with Crippen LogP contribution in [0.4, 0.5) is 11.5 Å². The van der Waals surface area contributed by atoms with Crippen LogP contribution in [0.1, 0.15) is 6.92 Å². The van der Waals surface area contributed by atoms with Gasteiger partial charge in [0.1, 0.15) is 11.6 Å². The number of rotatable bonds is 7. The highest BCUT2D eigenvalue weighted by atomic mass is 32.2. The van der Waals surface area contributed by atoms with Crippen LogP contribution >= 0.6 is 0 Å². The molecule has 0 fully saturated rings. The van der Waals surface area contributed by atoms with Gasteiger partial charge in [0.25, 0.3) is 0 Å². The number of hydrogen-bond acceptors (Lipinski definition) is 5. The molecule has 0 aliphatic carbocycles. The number of sulfonamides is 1. The zero-order valence-electron chi connectivity index (χ0n) is 13.4. The lowest BCUT2D eigenvalue weighted by atomic mass is 10.2. The largest absolute Gasteiger partial charge is 0.497 e. The van der Waals surface area contributed by atoms with E-state index >= 15 is 0 Å². The summed E-state index contributed by atoms with van der Waals surface area (Å²) in [5, 5.41) is 2.58. The number of nitrogens with zero attached hydrogens (tertiary/aromatic N) is 1. The van der Waals surface area contributed by atoms with Crippen LogP contribution < -0.4 is 14.8 Å². The lowest BCUT2D eigenvalue weighted by Crippen LogP contribution is -2.30. The Balaban J connectivity index is 1.98. The minimum Gasteiger partial charge on any atom is -0.497 e. The minimum atomic E-state index is -3.68. The lowest BCUT2D eigenvalue weighted by molar-refractivity contribution is -0.118. The van der Waals surface area contributed by atoms with E-state index in [4.69, 9.17) is 4.74 Å². The van der Waals surface area contributed by atoms with Gasteiger partial charge in [0, 0.05) is 12.3 Å². The summed E-state index contributed by atoms with van der Waals surface area (Å²) >= 11 is 0. The maximum absolute atomic E-state index is 12.2. The van der Waals surface area contributed by atoms with E-state index < -0.39 is 21.8 Å². The van der Waals surface area contributed by atoms with E-state index in [0.29, 0.717) is 17.3 Å². The van der Waals surface area contributed by atoms with Gasteiger partial charge in [0.15, 0.2) is 0 Å². The summed E-state index contributed by atoms with van der Waals surface area (Å²) in [4.78, 5) is 16.1. The molecule has 1 heterocycles. The Morgan fingerprint density at radius 2 is 2.04 bits per heavy atom. The van der Waals surface area contributed by atoms with Crippen molar-refractivity contribution in [2.45, 2.75) is 6.92 Å². The first kappa shape index (κ1) is 17.7. The maximum atomic E-state index is 12.2. The van der Waals surface area contributed by atoms with E-state index in [1.807, 2.05) is 0 Å². The fourth-order valence-corrected chi connectivity index (χ4v) is 3.38. The molecular weight excluding hydrogens is 330 g/mol. The number of methoxy groups -OCH3 is 1. The Kier molecular flexibility index (Phi) is 5.75. The zero-order chi connectivity index (χ0) is 17.6. The van der Waals surface area contributed by atoms with Crippen molar-refractivity contribution in [3.8, 4) is 5.75 Å². The molecule has 0 radical (unpaired) electrons. The number of anilines is 2. The summed E-state index contributed by atoms with van der Waals surface area (Å²) in [7, 11) is -2.19. The van der Waals surface area contributed by atoms with E-state index in [9.17, 15) is 13.2 Å². The van der Waals surface area contributed by atoms with Crippen molar-refractivity contribution in [2.24, 2.45) is 5.92 Å². The van der Waals surface area contributed by atoms with Crippen molar-refractivity contribution in [1.82, 2.24) is 4.98 Å². The first-order chi connectivity index (χ1) is 11.4. The molecule has 1 aromatic carbocycles. The monoisotopic (exact) mass is 349 g/mol. The normalized spacial score (nSPS) is 12.2. The molecule has 0 aliphatic heterocycles. The quantitative estimate of drug-likeness (QED) is 0.798. The number of hydrogen-bond donors (Lipinski definition) is 2. The fourth-order valence-electron chi connectivity index (χ4n) is 2.00. The van der Waals surface area contributed by atoms with Gasteiger partial charge in [0.05, 0.1) is 24.5 Å². The summed E-state index contributed by atoms with van der Waals surface area (Å²) in [6.07, 6.45) is 1.54. The average molecular weight is 349 g/mol. The third-order valence-electron chi connectivity index (χ3n) is 3.18. The number of carbonyl (C=O) groups is 1. The molecule has 2 aromatic rings. The Morgan fingerprint density at radius 1 is 1.25 bits per heavy atom. The molecule has 1 amide bonds. The minimum absolute atomic E-state index is 0.344.